The molecule has 2 atom stereocenters. The molecular weight excluding hydrogens is 220 g/mol. The topological polar surface area (TPSA) is 64.8 Å². The lowest BCUT2D eigenvalue weighted by molar-refractivity contribution is -0.139. The Bertz CT molecular complexity index is 248. The van der Waals surface area contributed by atoms with Crippen LogP contribution in [0.5, 0.6) is 0 Å². The standard InChI is InChI=1S/C12H22N2O3/c13-8-11(7-10-1-4-17-9-10)12(15)14-2-5-16-6-3-14/h10-11H,1-9,13H2. The van der Waals surface area contributed by atoms with Crippen molar-refractivity contribution < 1.29 is 14.3 Å². The zero-order valence-electron chi connectivity index (χ0n) is 10.3. The number of hydrogen-bond donors (Lipinski definition) is 1. The molecule has 98 valence electrons. The first-order valence-corrected chi connectivity index (χ1v) is 6.45. The molecule has 2 heterocycles. The van der Waals surface area contributed by atoms with Crippen molar-refractivity contribution in [3.8, 4) is 0 Å². The smallest absolute Gasteiger partial charge is 0.227 e. The van der Waals surface area contributed by atoms with Gasteiger partial charge in [0.1, 0.15) is 0 Å². The molecule has 0 aromatic heterocycles. The zero-order chi connectivity index (χ0) is 12.1. The molecule has 2 N–H and O–H groups in total. The van der Waals surface area contributed by atoms with Crippen molar-refractivity contribution in [1.29, 1.82) is 0 Å². The molecule has 0 aromatic carbocycles. The molecule has 2 aliphatic rings. The number of morpholine rings is 1. The third-order valence-corrected chi connectivity index (χ3v) is 3.60. The highest BCUT2D eigenvalue weighted by atomic mass is 16.5. The molecule has 0 radical (unpaired) electrons. The molecular formula is C12H22N2O3. The van der Waals surface area contributed by atoms with Crippen LogP contribution >= 0.6 is 0 Å². The molecule has 0 bridgehead atoms. The van der Waals surface area contributed by atoms with Crippen LogP contribution in [0, 0.1) is 11.8 Å². The van der Waals surface area contributed by atoms with E-state index < -0.39 is 0 Å². The lowest BCUT2D eigenvalue weighted by Gasteiger charge is -2.30. The van der Waals surface area contributed by atoms with Gasteiger partial charge in [-0.1, -0.05) is 0 Å². The molecule has 0 spiro atoms. The zero-order valence-corrected chi connectivity index (χ0v) is 10.3. The highest BCUT2D eigenvalue weighted by molar-refractivity contribution is 5.79. The van der Waals surface area contributed by atoms with Crippen molar-refractivity contribution in [2.45, 2.75) is 12.8 Å². The first-order valence-electron chi connectivity index (χ1n) is 6.45. The summed E-state index contributed by atoms with van der Waals surface area (Å²) in [6.07, 6.45) is 1.93. The molecule has 5 heteroatoms. The maximum absolute atomic E-state index is 12.3. The molecule has 0 saturated carbocycles. The third kappa shape index (κ3) is 3.40. The first kappa shape index (κ1) is 12.8. The van der Waals surface area contributed by atoms with Crippen molar-refractivity contribution in [1.82, 2.24) is 4.90 Å². The van der Waals surface area contributed by atoms with Gasteiger partial charge >= 0.3 is 0 Å². The van der Waals surface area contributed by atoms with Crippen molar-refractivity contribution in [3.05, 3.63) is 0 Å². The normalized spacial score (nSPS) is 27.1. The summed E-state index contributed by atoms with van der Waals surface area (Å²) in [6, 6.07) is 0. The second-order valence-electron chi connectivity index (χ2n) is 4.84. The minimum atomic E-state index is -0.0419. The Hall–Kier alpha value is -0.650. The van der Waals surface area contributed by atoms with E-state index in [0.717, 1.165) is 26.1 Å². The van der Waals surface area contributed by atoms with Gasteiger partial charge in [-0.3, -0.25) is 4.79 Å². The lowest BCUT2D eigenvalue weighted by atomic mass is 9.92. The van der Waals surface area contributed by atoms with Crippen LogP contribution < -0.4 is 5.73 Å². The van der Waals surface area contributed by atoms with E-state index in [0.29, 0.717) is 38.8 Å². The second kappa shape index (κ2) is 6.33. The van der Waals surface area contributed by atoms with E-state index in [1.165, 1.54) is 0 Å². The van der Waals surface area contributed by atoms with Crippen molar-refractivity contribution in [3.63, 3.8) is 0 Å². The van der Waals surface area contributed by atoms with E-state index in [4.69, 9.17) is 15.2 Å². The number of carbonyl (C=O) groups is 1. The molecule has 1 amide bonds. The van der Waals surface area contributed by atoms with E-state index in [9.17, 15) is 4.79 Å². The number of rotatable bonds is 4. The number of nitrogens with zero attached hydrogens (tertiary/aromatic N) is 1. The minimum absolute atomic E-state index is 0.0419. The Labute approximate surface area is 102 Å². The van der Waals surface area contributed by atoms with Gasteiger partial charge in [-0.2, -0.15) is 0 Å². The van der Waals surface area contributed by atoms with Crippen LogP contribution in [0.4, 0.5) is 0 Å². The average Bonchev–Trinajstić information content (AvgIpc) is 2.89. The number of ether oxygens (including phenoxy) is 2. The van der Waals surface area contributed by atoms with Crippen molar-refractivity contribution >= 4 is 5.91 Å². The van der Waals surface area contributed by atoms with E-state index >= 15 is 0 Å². The maximum Gasteiger partial charge on any atom is 0.227 e. The van der Waals surface area contributed by atoms with E-state index in [-0.39, 0.29) is 11.8 Å². The first-order chi connectivity index (χ1) is 8.31. The summed E-state index contributed by atoms with van der Waals surface area (Å²) >= 11 is 0. The van der Waals surface area contributed by atoms with Gasteiger partial charge in [0.2, 0.25) is 5.91 Å². The summed E-state index contributed by atoms with van der Waals surface area (Å²) in [5.74, 6) is 0.663. The Balaban J connectivity index is 1.84. The van der Waals surface area contributed by atoms with Gasteiger partial charge in [0.05, 0.1) is 19.1 Å². The van der Waals surface area contributed by atoms with Crippen molar-refractivity contribution in [2.24, 2.45) is 17.6 Å². The molecule has 2 fully saturated rings. The predicted octanol–water partition coefficient (Wildman–Crippen LogP) is -0.153. The average molecular weight is 242 g/mol. The van der Waals surface area contributed by atoms with Gasteiger partial charge in [0, 0.05) is 32.8 Å². The highest BCUT2D eigenvalue weighted by Gasteiger charge is 2.28. The van der Waals surface area contributed by atoms with Gasteiger partial charge in [-0.15, -0.1) is 0 Å². The highest BCUT2D eigenvalue weighted by Crippen LogP contribution is 2.22. The molecule has 0 aromatic rings. The van der Waals surface area contributed by atoms with Gasteiger partial charge in [-0.05, 0) is 18.8 Å². The Morgan fingerprint density at radius 2 is 2.06 bits per heavy atom. The fraction of sp³-hybridized carbons (Fsp3) is 0.917. The van der Waals surface area contributed by atoms with Gasteiger partial charge in [-0.25, -0.2) is 0 Å². The van der Waals surface area contributed by atoms with Crippen LogP contribution in [0.2, 0.25) is 0 Å². The Kier molecular flexibility index (Phi) is 4.76. The lowest BCUT2D eigenvalue weighted by Crippen LogP contribution is -2.45. The number of amides is 1. The fourth-order valence-corrected chi connectivity index (χ4v) is 2.51. The summed E-state index contributed by atoms with van der Waals surface area (Å²) in [6.45, 7) is 4.76. The van der Waals surface area contributed by atoms with Crippen molar-refractivity contribution in [2.75, 3.05) is 46.1 Å². The van der Waals surface area contributed by atoms with E-state index in [1.807, 2.05) is 4.90 Å². The molecule has 2 rings (SSSR count). The fourth-order valence-electron chi connectivity index (χ4n) is 2.51. The van der Waals surface area contributed by atoms with E-state index in [1.54, 1.807) is 0 Å². The van der Waals surface area contributed by atoms with Crippen LogP contribution in [0.3, 0.4) is 0 Å². The summed E-state index contributed by atoms with van der Waals surface area (Å²) in [5.41, 5.74) is 5.74. The molecule has 2 saturated heterocycles. The molecule has 0 aliphatic carbocycles. The Morgan fingerprint density at radius 3 is 2.65 bits per heavy atom. The van der Waals surface area contributed by atoms with Crippen LogP contribution in [-0.4, -0.2) is 56.9 Å². The monoisotopic (exact) mass is 242 g/mol. The largest absolute Gasteiger partial charge is 0.381 e. The summed E-state index contributed by atoms with van der Waals surface area (Å²) < 4.78 is 10.6. The number of hydrogen-bond acceptors (Lipinski definition) is 4. The van der Waals surface area contributed by atoms with Gasteiger partial charge in [0.25, 0.3) is 0 Å². The third-order valence-electron chi connectivity index (χ3n) is 3.60. The quantitative estimate of drug-likeness (QED) is 0.744. The number of nitrogens with two attached hydrogens (primary N) is 1. The summed E-state index contributed by atoms with van der Waals surface area (Å²) in [7, 11) is 0. The van der Waals surface area contributed by atoms with Crippen LogP contribution in [0.1, 0.15) is 12.8 Å². The van der Waals surface area contributed by atoms with Gasteiger partial charge < -0.3 is 20.1 Å². The Morgan fingerprint density at radius 1 is 1.29 bits per heavy atom. The minimum Gasteiger partial charge on any atom is -0.381 e. The summed E-state index contributed by atoms with van der Waals surface area (Å²) in [5, 5.41) is 0. The molecule has 2 unspecified atom stereocenters. The molecule has 5 nitrogen and oxygen atoms in total. The van der Waals surface area contributed by atoms with Crippen LogP contribution in [0.25, 0.3) is 0 Å². The van der Waals surface area contributed by atoms with Crippen LogP contribution in [-0.2, 0) is 14.3 Å². The maximum atomic E-state index is 12.3. The van der Waals surface area contributed by atoms with Gasteiger partial charge in [0.15, 0.2) is 0 Å². The summed E-state index contributed by atoms with van der Waals surface area (Å²) in [4.78, 5) is 14.2. The SMILES string of the molecule is NCC(CC1CCOC1)C(=O)N1CCOCC1. The molecule has 17 heavy (non-hydrogen) atoms. The van der Waals surface area contributed by atoms with E-state index in [2.05, 4.69) is 0 Å². The number of carbonyl (C=O) groups excluding carboxylic acids is 1. The van der Waals surface area contributed by atoms with Crippen LogP contribution in [0.15, 0.2) is 0 Å². The predicted molar refractivity (Wildman–Crippen MR) is 63.5 cm³/mol. The molecule has 2 aliphatic heterocycles. The second-order valence-corrected chi connectivity index (χ2v) is 4.84.